The molecule has 2 unspecified atom stereocenters. The average molecular weight is 380 g/mol. The van der Waals surface area contributed by atoms with Crippen molar-refractivity contribution in [1.29, 1.82) is 0 Å². The summed E-state index contributed by atoms with van der Waals surface area (Å²) in [5.41, 5.74) is 1.44. The quantitative estimate of drug-likeness (QED) is 0.683. The molecule has 5 rings (SSSR count). The van der Waals surface area contributed by atoms with E-state index in [0.29, 0.717) is 35.8 Å². The minimum atomic E-state index is -0.421. The van der Waals surface area contributed by atoms with E-state index in [9.17, 15) is 4.39 Å². The van der Waals surface area contributed by atoms with Gasteiger partial charge in [-0.15, -0.1) is 0 Å². The van der Waals surface area contributed by atoms with Crippen molar-refractivity contribution in [3.8, 4) is 17.2 Å². The van der Waals surface area contributed by atoms with E-state index in [1.54, 1.807) is 31.4 Å². The number of hydrogen-bond donors (Lipinski definition) is 1. The van der Waals surface area contributed by atoms with E-state index in [4.69, 9.17) is 14.2 Å². The number of ether oxygens (including phenoxy) is 3. The first-order valence-electron chi connectivity index (χ1n) is 9.47. The summed E-state index contributed by atoms with van der Waals surface area (Å²) >= 11 is 0. The lowest BCUT2D eigenvalue weighted by Crippen LogP contribution is -2.07. The van der Waals surface area contributed by atoms with Crippen LogP contribution in [0.25, 0.3) is 10.9 Å². The van der Waals surface area contributed by atoms with Gasteiger partial charge in [0.15, 0.2) is 11.6 Å². The number of fused-ring (bicyclic) bond motifs is 2. The molecule has 144 valence electrons. The van der Waals surface area contributed by atoms with Crippen molar-refractivity contribution in [2.24, 2.45) is 17.8 Å². The van der Waals surface area contributed by atoms with Crippen LogP contribution in [0.2, 0.25) is 0 Å². The average Bonchev–Trinajstić information content (AvgIpc) is 3.14. The summed E-state index contributed by atoms with van der Waals surface area (Å²) in [6, 6.07) is 12.2. The van der Waals surface area contributed by atoms with E-state index < -0.39 is 5.82 Å². The maximum absolute atomic E-state index is 14.3. The zero-order valence-corrected chi connectivity index (χ0v) is 15.5. The van der Waals surface area contributed by atoms with Gasteiger partial charge in [0.25, 0.3) is 0 Å². The van der Waals surface area contributed by atoms with E-state index >= 15 is 0 Å². The zero-order chi connectivity index (χ0) is 19.1. The highest BCUT2D eigenvalue weighted by Crippen LogP contribution is 2.50. The molecule has 2 atom stereocenters. The van der Waals surface area contributed by atoms with Gasteiger partial charge in [-0.25, -0.2) is 4.39 Å². The second-order valence-electron chi connectivity index (χ2n) is 7.33. The molecular weight excluding hydrogens is 359 g/mol. The first-order chi connectivity index (χ1) is 13.7. The fourth-order valence-corrected chi connectivity index (χ4v) is 3.94. The van der Waals surface area contributed by atoms with Gasteiger partial charge >= 0.3 is 0 Å². The van der Waals surface area contributed by atoms with Crippen LogP contribution >= 0.6 is 0 Å². The molecular formula is C22H21FN2O3. The highest BCUT2D eigenvalue weighted by atomic mass is 19.1. The highest BCUT2D eigenvalue weighted by Gasteiger charge is 2.54. The molecule has 1 aliphatic heterocycles. The Balaban J connectivity index is 1.34. The van der Waals surface area contributed by atoms with Gasteiger partial charge in [0.05, 0.1) is 25.3 Å². The van der Waals surface area contributed by atoms with Gasteiger partial charge in [-0.05, 0) is 42.2 Å². The maximum atomic E-state index is 14.3. The van der Waals surface area contributed by atoms with E-state index in [0.717, 1.165) is 29.9 Å². The molecule has 0 bridgehead atoms. The lowest BCUT2D eigenvalue weighted by Gasteiger charge is -2.12. The van der Waals surface area contributed by atoms with Crippen LogP contribution in [0.5, 0.6) is 17.2 Å². The number of rotatable bonds is 6. The minimum absolute atomic E-state index is 0.175. The van der Waals surface area contributed by atoms with Crippen LogP contribution in [0.4, 0.5) is 10.1 Å². The molecule has 1 N–H and O–H groups in total. The Kier molecular flexibility index (Phi) is 4.28. The van der Waals surface area contributed by atoms with Gasteiger partial charge in [0.2, 0.25) is 0 Å². The Bertz CT molecular complexity index is 1020. The number of benzene rings is 2. The minimum Gasteiger partial charge on any atom is -0.493 e. The number of aromatic nitrogens is 1. The van der Waals surface area contributed by atoms with E-state index in [1.807, 2.05) is 18.2 Å². The van der Waals surface area contributed by atoms with Gasteiger partial charge in [0.1, 0.15) is 11.5 Å². The van der Waals surface area contributed by atoms with Gasteiger partial charge in [-0.1, -0.05) is 0 Å². The van der Waals surface area contributed by atoms with Crippen molar-refractivity contribution >= 4 is 16.6 Å². The molecule has 1 saturated heterocycles. The number of halogens is 1. The van der Waals surface area contributed by atoms with Crippen LogP contribution in [0, 0.1) is 23.6 Å². The molecule has 2 fully saturated rings. The summed E-state index contributed by atoms with van der Waals surface area (Å²) in [6.07, 6.45) is 1.66. The topological polar surface area (TPSA) is 52.6 Å². The third-order valence-electron chi connectivity index (χ3n) is 5.69. The van der Waals surface area contributed by atoms with Gasteiger partial charge in [0, 0.05) is 42.4 Å². The SMILES string of the molecule is CNc1ccc(Oc2ccnc3cc(OCC4C5COCC54)ccc23)c(F)c1. The summed E-state index contributed by atoms with van der Waals surface area (Å²) in [7, 11) is 1.74. The first-order valence-corrected chi connectivity index (χ1v) is 9.47. The number of pyridine rings is 1. The molecule has 1 aromatic heterocycles. The van der Waals surface area contributed by atoms with Gasteiger partial charge in [-0.3, -0.25) is 4.98 Å². The van der Waals surface area contributed by atoms with Gasteiger partial charge < -0.3 is 19.5 Å². The Hall–Kier alpha value is -2.86. The second-order valence-corrected chi connectivity index (χ2v) is 7.33. The van der Waals surface area contributed by atoms with E-state index in [-0.39, 0.29) is 5.75 Å². The summed E-state index contributed by atoms with van der Waals surface area (Å²) < 4.78 is 31.5. The predicted octanol–water partition coefficient (Wildman–Crippen LogP) is 4.48. The predicted molar refractivity (Wildman–Crippen MR) is 105 cm³/mol. The van der Waals surface area contributed by atoms with Crippen LogP contribution < -0.4 is 14.8 Å². The fourth-order valence-electron chi connectivity index (χ4n) is 3.94. The summed E-state index contributed by atoms with van der Waals surface area (Å²) in [5.74, 6) is 3.04. The van der Waals surface area contributed by atoms with Crippen molar-refractivity contribution < 1.29 is 18.6 Å². The van der Waals surface area contributed by atoms with Crippen LogP contribution in [0.1, 0.15) is 0 Å². The molecule has 0 amide bonds. The van der Waals surface area contributed by atoms with Crippen LogP contribution in [-0.4, -0.2) is 31.9 Å². The molecule has 3 aromatic rings. The monoisotopic (exact) mass is 380 g/mol. The lowest BCUT2D eigenvalue weighted by atomic mass is 10.2. The van der Waals surface area contributed by atoms with Crippen molar-refractivity contribution in [3.05, 3.63) is 54.5 Å². The second kappa shape index (κ2) is 6.95. The lowest BCUT2D eigenvalue weighted by molar-refractivity contribution is 0.137. The molecule has 0 spiro atoms. The standard InChI is InChI=1S/C22H21FN2O3/c1-24-13-2-5-22(19(23)8-13)28-21-6-7-25-20-9-14(3-4-15(20)21)27-12-18-16-10-26-11-17(16)18/h2-9,16-18,24H,10-12H2,1H3. The molecule has 2 heterocycles. The van der Waals surface area contributed by atoms with E-state index in [1.165, 1.54) is 6.07 Å². The maximum Gasteiger partial charge on any atom is 0.167 e. The third kappa shape index (κ3) is 3.14. The normalized spacial score (nSPS) is 22.7. The first kappa shape index (κ1) is 17.3. The number of nitrogens with zero attached hydrogens (tertiary/aromatic N) is 1. The molecule has 28 heavy (non-hydrogen) atoms. The fraction of sp³-hybridized carbons (Fsp3) is 0.318. The highest BCUT2D eigenvalue weighted by molar-refractivity contribution is 5.86. The van der Waals surface area contributed by atoms with Crippen molar-refractivity contribution in [2.75, 3.05) is 32.2 Å². The van der Waals surface area contributed by atoms with Crippen molar-refractivity contribution in [2.45, 2.75) is 0 Å². The number of anilines is 1. The molecule has 1 aliphatic carbocycles. The number of nitrogens with one attached hydrogen (secondary N) is 1. The Morgan fingerprint density at radius 2 is 1.96 bits per heavy atom. The number of hydrogen-bond acceptors (Lipinski definition) is 5. The molecule has 5 nitrogen and oxygen atoms in total. The van der Waals surface area contributed by atoms with Crippen LogP contribution in [0.3, 0.4) is 0 Å². The Morgan fingerprint density at radius 3 is 2.75 bits per heavy atom. The summed E-state index contributed by atoms with van der Waals surface area (Å²) in [4.78, 5) is 4.41. The molecule has 6 heteroatoms. The van der Waals surface area contributed by atoms with Crippen LogP contribution in [-0.2, 0) is 4.74 Å². The Morgan fingerprint density at radius 1 is 1.11 bits per heavy atom. The smallest absolute Gasteiger partial charge is 0.167 e. The summed E-state index contributed by atoms with van der Waals surface area (Å²) in [6.45, 7) is 2.44. The van der Waals surface area contributed by atoms with Gasteiger partial charge in [-0.2, -0.15) is 0 Å². The zero-order valence-electron chi connectivity index (χ0n) is 15.5. The Labute approximate surface area is 162 Å². The molecule has 2 aromatic carbocycles. The molecule has 1 saturated carbocycles. The van der Waals surface area contributed by atoms with Crippen LogP contribution in [0.15, 0.2) is 48.7 Å². The third-order valence-corrected chi connectivity index (χ3v) is 5.69. The van der Waals surface area contributed by atoms with E-state index in [2.05, 4.69) is 10.3 Å². The molecule has 0 radical (unpaired) electrons. The van der Waals surface area contributed by atoms with Crippen molar-refractivity contribution in [3.63, 3.8) is 0 Å². The molecule has 2 aliphatic rings. The largest absolute Gasteiger partial charge is 0.493 e. The van der Waals surface area contributed by atoms with Crippen molar-refractivity contribution in [1.82, 2.24) is 4.98 Å². The summed E-state index contributed by atoms with van der Waals surface area (Å²) in [5, 5.41) is 3.71.